The second-order valence-corrected chi connectivity index (χ2v) is 6.23. The van der Waals surface area contributed by atoms with Gasteiger partial charge in [-0.15, -0.1) is 0 Å². The van der Waals surface area contributed by atoms with Gasteiger partial charge in [-0.1, -0.05) is 11.3 Å². The third kappa shape index (κ3) is 4.61. The molecule has 6 nitrogen and oxygen atoms in total. The Hall–Kier alpha value is -1.80. The minimum absolute atomic E-state index is 0.0544. The zero-order valence-electron chi connectivity index (χ0n) is 11.3. The van der Waals surface area contributed by atoms with Crippen LogP contribution in [0.5, 0.6) is 5.75 Å². The molecule has 1 aromatic carbocycles. The van der Waals surface area contributed by atoms with Crippen LogP contribution in [0.4, 0.5) is 5.13 Å². The molecular weight excluding hydrogens is 312 g/mol. The van der Waals surface area contributed by atoms with Gasteiger partial charge in [0, 0.05) is 11.8 Å². The Bertz CT molecular complexity index is 657. The number of hydrogen-bond donors (Lipinski definition) is 2. The zero-order valence-corrected chi connectivity index (χ0v) is 12.9. The van der Waals surface area contributed by atoms with E-state index >= 15 is 0 Å². The number of benzene rings is 1. The Balaban J connectivity index is 1.90. The number of ether oxygens (including phenoxy) is 1. The summed E-state index contributed by atoms with van der Waals surface area (Å²) in [7, 11) is 1.59. The highest BCUT2D eigenvalue weighted by Crippen LogP contribution is 2.28. The molecule has 21 heavy (non-hydrogen) atoms. The van der Waals surface area contributed by atoms with Crippen LogP contribution in [0.25, 0.3) is 10.2 Å². The first-order valence-corrected chi connectivity index (χ1v) is 8.09. The Labute approximate surface area is 129 Å². The Morgan fingerprint density at radius 3 is 3.00 bits per heavy atom. The van der Waals surface area contributed by atoms with Crippen molar-refractivity contribution in [2.75, 3.05) is 23.9 Å². The van der Waals surface area contributed by atoms with E-state index in [9.17, 15) is 9.59 Å². The number of fused-ring (bicyclic) bond motifs is 1. The molecule has 2 rings (SSSR count). The van der Waals surface area contributed by atoms with E-state index in [4.69, 9.17) is 9.84 Å². The van der Waals surface area contributed by atoms with Crippen LogP contribution < -0.4 is 10.1 Å². The fourth-order valence-electron chi connectivity index (χ4n) is 1.57. The van der Waals surface area contributed by atoms with E-state index in [0.29, 0.717) is 10.9 Å². The summed E-state index contributed by atoms with van der Waals surface area (Å²) >= 11 is 2.67. The van der Waals surface area contributed by atoms with Crippen molar-refractivity contribution in [3.63, 3.8) is 0 Å². The zero-order chi connectivity index (χ0) is 15.2. The summed E-state index contributed by atoms with van der Waals surface area (Å²) in [5.74, 6) is 0.307. The van der Waals surface area contributed by atoms with Crippen molar-refractivity contribution in [1.29, 1.82) is 0 Å². The molecule has 8 heteroatoms. The van der Waals surface area contributed by atoms with Crippen molar-refractivity contribution >= 4 is 50.3 Å². The maximum atomic E-state index is 11.7. The number of aromatic nitrogens is 1. The molecule has 0 aliphatic carbocycles. The molecule has 0 bridgehead atoms. The van der Waals surface area contributed by atoms with Gasteiger partial charge in [-0.25, -0.2) is 4.98 Å². The number of thioether (sulfide) groups is 1. The molecule has 1 aromatic heterocycles. The van der Waals surface area contributed by atoms with Gasteiger partial charge in [0.15, 0.2) is 5.13 Å². The van der Waals surface area contributed by atoms with Crippen LogP contribution in [0, 0.1) is 0 Å². The molecule has 0 fully saturated rings. The number of carbonyl (C=O) groups is 2. The van der Waals surface area contributed by atoms with Gasteiger partial charge >= 0.3 is 5.97 Å². The van der Waals surface area contributed by atoms with Gasteiger partial charge in [-0.3, -0.25) is 9.59 Å². The van der Waals surface area contributed by atoms with Crippen molar-refractivity contribution in [2.45, 2.75) is 6.42 Å². The lowest BCUT2D eigenvalue weighted by molar-refractivity contribution is -0.136. The Morgan fingerprint density at radius 2 is 2.29 bits per heavy atom. The van der Waals surface area contributed by atoms with E-state index in [1.807, 2.05) is 18.2 Å². The monoisotopic (exact) mass is 326 g/mol. The van der Waals surface area contributed by atoms with E-state index in [1.165, 1.54) is 23.1 Å². The lowest BCUT2D eigenvalue weighted by atomic mass is 10.3. The molecule has 0 saturated heterocycles. The fraction of sp³-hybridized carbons (Fsp3) is 0.308. The molecule has 2 N–H and O–H groups in total. The van der Waals surface area contributed by atoms with Gasteiger partial charge < -0.3 is 15.2 Å². The molecule has 2 aromatic rings. The van der Waals surface area contributed by atoms with Crippen LogP contribution in [-0.4, -0.2) is 40.6 Å². The highest BCUT2D eigenvalue weighted by atomic mass is 32.2. The van der Waals surface area contributed by atoms with Crippen molar-refractivity contribution in [2.24, 2.45) is 0 Å². The fourth-order valence-corrected chi connectivity index (χ4v) is 3.15. The van der Waals surface area contributed by atoms with Gasteiger partial charge in [-0.2, -0.15) is 11.8 Å². The average Bonchev–Trinajstić information content (AvgIpc) is 2.84. The SMILES string of the molecule is COc1ccc2sc(NC(=O)CSCCC(=O)O)nc2c1. The highest BCUT2D eigenvalue weighted by Gasteiger charge is 2.09. The number of anilines is 1. The number of aliphatic carboxylic acids is 1. The molecule has 0 unspecified atom stereocenters. The Morgan fingerprint density at radius 1 is 1.48 bits per heavy atom. The summed E-state index contributed by atoms with van der Waals surface area (Å²) in [6.45, 7) is 0. The maximum absolute atomic E-state index is 11.7. The van der Waals surface area contributed by atoms with Gasteiger partial charge in [0.1, 0.15) is 5.75 Å². The molecule has 0 aliphatic heterocycles. The topological polar surface area (TPSA) is 88.5 Å². The van der Waals surface area contributed by atoms with Gasteiger partial charge in [0.25, 0.3) is 0 Å². The van der Waals surface area contributed by atoms with Crippen LogP contribution in [0.15, 0.2) is 18.2 Å². The molecule has 0 aliphatic rings. The molecule has 0 spiro atoms. The van der Waals surface area contributed by atoms with Crippen LogP contribution in [-0.2, 0) is 9.59 Å². The van der Waals surface area contributed by atoms with Gasteiger partial charge in [0.2, 0.25) is 5.91 Å². The summed E-state index contributed by atoms with van der Waals surface area (Å²) in [6.07, 6.45) is 0.0544. The molecule has 0 atom stereocenters. The normalized spacial score (nSPS) is 10.5. The highest BCUT2D eigenvalue weighted by molar-refractivity contribution is 7.99. The summed E-state index contributed by atoms with van der Waals surface area (Å²) in [5.41, 5.74) is 0.771. The molecule has 0 radical (unpaired) electrons. The summed E-state index contributed by atoms with van der Waals surface area (Å²) in [4.78, 5) is 26.4. The number of amides is 1. The minimum Gasteiger partial charge on any atom is -0.497 e. The largest absolute Gasteiger partial charge is 0.497 e. The number of carbonyl (C=O) groups excluding carboxylic acids is 1. The second kappa shape index (κ2) is 7.28. The van der Waals surface area contributed by atoms with E-state index in [0.717, 1.165) is 16.0 Å². The first-order chi connectivity index (χ1) is 10.1. The minimum atomic E-state index is -0.858. The molecule has 112 valence electrons. The third-order valence-corrected chi connectivity index (χ3v) is 4.45. The molecule has 1 heterocycles. The van der Waals surface area contributed by atoms with Crippen molar-refractivity contribution in [1.82, 2.24) is 4.98 Å². The summed E-state index contributed by atoms with van der Waals surface area (Å²) in [6, 6.07) is 5.54. The number of nitrogens with one attached hydrogen (secondary N) is 1. The quantitative estimate of drug-likeness (QED) is 0.760. The smallest absolute Gasteiger partial charge is 0.304 e. The standard InChI is InChI=1S/C13H14N2O4S2/c1-19-8-2-3-10-9(6-8)14-13(21-10)15-11(16)7-20-5-4-12(17)18/h2-3,6H,4-5,7H2,1H3,(H,17,18)(H,14,15,16). The number of carboxylic acids is 1. The number of nitrogens with zero attached hydrogens (tertiary/aromatic N) is 1. The number of carboxylic acid groups (broad SMARTS) is 1. The van der Waals surface area contributed by atoms with Crippen molar-refractivity contribution in [3.8, 4) is 5.75 Å². The van der Waals surface area contributed by atoms with Gasteiger partial charge in [-0.05, 0) is 12.1 Å². The Kier molecular flexibility index (Phi) is 5.40. The van der Waals surface area contributed by atoms with E-state index in [1.54, 1.807) is 7.11 Å². The lowest BCUT2D eigenvalue weighted by Gasteiger charge is -2.00. The molecule has 1 amide bonds. The van der Waals surface area contributed by atoms with E-state index < -0.39 is 5.97 Å². The molecule has 0 saturated carbocycles. The summed E-state index contributed by atoms with van der Waals surface area (Å²) < 4.78 is 6.09. The first-order valence-electron chi connectivity index (χ1n) is 6.12. The maximum Gasteiger partial charge on any atom is 0.304 e. The van der Waals surface area contributed by atoms with E-state index in [-0.39, 0.29) is 18.1 Å². The van der Waals surface area contributed by atoms with Crippen LogP contribution >= 0.6 is 23.1 Å². The summed E-state index contributed by atoms with van der Waals surface area (Å²) in [5, 5.41) is 11.8. The number of rotatable bonds is 7. The second-order valence-electron chi connectivity index (χ2n) is 4.10. The van der Waals surface area contributed by atoms with Crippen molar-refractivity contribution < 1.29 is 19.4 Å². The van der Waals surface area contributed by atoms with Crippen molar-refractivity contribution in [3.05, 3.63) is 18.2 Å². The van der Waals surface area contributed by atoms with Gasteiger partial charge in [0.05, 0.1) is 29.5 Å². The average molecular weight is 326 g/mol. The molecular formula is C13H14N2O4S2. The van der Waals surface area contributed by atoms with E-state index in [2.05, 4.69) is 10.3 Å². The first kappa shape index (κ1) is 15.6. The lowest BCUT2D eigenvalue weighted by Crippen LogP contribution is -2.14. The number of methoxy groups -OCH3 is 1. The predicted octanol–water partition coefficient (Wildman–Crippen LogP) is 2.45. The predicted molar refractivity (Wildman–Crippen MR) is 84.4 cm³/mol. The number of thiazole rings is 1. The number of hydrogen-bond acceptors (Lipinski definition) is 6. The van der Waals surface area contributed by atoms with Crippen LogP contribution in [0.1, 0.15) is 6.42 Å². The van der Waals surface area contributed by atoms with Crippen LogP contribution in [0.3, 0.4) is 0 Å². The third-order valence-electron chi connectivity index (χ3n) is 2.53. The van der Waals surface area contributed by atoms with Crippen LogP contribution in [0.2, 0.25) is 0 Å².